The van der Waals surface area contributed by atoms with Gasteiger partial charge in [-0.15, -0.1) is 0 Å². The molecule has 1 aromatic rings. The highest BCUT2D eigenvalue weighted by atomic mass is 16.5. The van der Waals surface area contributed by atoms with Crippen LogP contribution in [-0.2, 0) is 27.7 Å². The molecular formula is C11H16N2O4. The first-order valence-electron chi connectivity index (χ1n) is 5.06. The van der Waals surface area contributed by atoms with Crippen molar-refractivity contribution in [2.24, 2.45) is 12.8 Å². The number of rotatable bonds is 4. The second-order valence-corrected chi connectivity index (χ2v) is 3.67. The van der Waals surface area contributed by atoms with Gasteiger partial charge in [-0.3, -0.25) is 4.79 Å². The molecule has 0 aliphatic carbocycles. The monoisotopic (exact) mass is 240 g/mol. The maximum Gasteiger partial charge on any atom is 0.354 e. The molecule has 0 saturated heterocycles. The van der Waals surface area contributed by atoms with Crippen molar-refractivity contribution >= 4 is 11.9 Å². The van der Waals surface area contributed by atoms with Crippen molar-refractivity contribution in [2.45, 2.75) is 12.5 Å². The van der Waals surface area contributed by atoms with Crippen molar-refractivity contribution in [3.8, 4) is 0 Å². The van der Waals surface area contributed by atoms with E-state index in [1.54, 1.807) is 23.9 Å². The number of nitrogens with zero attached hydrogens (tertiary/aromatic N) is 1. The van der Waals surface area contributed by atoms with Crippen LogP contribution >= 0.6 is 0 Å². The van der Waals surface area contributed by atoms with Gasteiger partial charge < -0.3 is 19.8 Å². The van der Waals surface area contributed by atoms with Crippen LogP contribution in [0.1, 0.15) is 16.1 Å². The molecule has 94 valence electrons. The van der Waals surface area contributed by atoms with E-state index < -0.39 is 18.0 Å². The number of esters is 2. The molecule has 1 unspecified atom stereocenters. The smallest absolute Gasteiger partial charge is 0.354 e. The molecule has 0 fully saturated rings. The summed E-state index contributed by atoms with van der Waals surface area (Å²) in [7, 11) is 4.32. The van der Waals surface area contributed by atoms with Crippen LogP contribution in [0.25, 0.3) is 0 Å². The predicted molar refractivity (Wildman–Crippen MR) is 60.4 cm³/mol. The minimum absolute atomic E-state index is 0.317. The molecular weight excluding hydrogens is 224 g/mol. The summed E-state index contributed by atoms with van der Waals surface area (Å²) in [6, 6.07) is 0.919. The summed E-state index contributed by atoms with van der Waals surface area (Å²) in [5.41, 5.74) is 6.83. The fourth-order valence-corrected chi connectivity index (χ4v) is 1.54. The Balaban J connectivity index is 2.80. The SMILES string of the molecule is COC(=O)c1cc(CC(N)C(=O)OC)cn1C. The number of hydrogen-bond donors (Lipinski definition) is 1. The predicted octanol–water partition coefficient (Wildman–Crippen LogP) is -0.146. The Morgan fingerprint density at radius 1 is 1.41 bits per heavy atom. The van der Waals surface area contributed by atoms with Crippen LogP contribution in [0.3, 0.4) is 0 Å². The number of carbonyl (C=O) groups excluding carboxylic acids is 2. The molecule has 17 heavy (non-hydrogen) atoms. The van der Waals surface area contributed by atoms with Gasteiger partial charge in [0.15, 0.2) is 0 Å². The second-order valence-electron chi connectivity index (χ2n) is 3.67. The minimum atomic E-state index is -0.729. The summed E-state index contributed by atoms with van der Waals surface area (Å²) in [4.78, 5) is 22.5. The van der Waals surface area contributed by atoms with Crippen molar-refractivity contribution in [3.05, 3.63) is 23.5 Å². The lowest BCUT2D eigenvalue weighted by Crippen LogP contribution is -2.33. The maximum atomic E-state index is 11.4. The van der Waals surface area contributed by atoms with E-state index in [0.717, 1.165) is 5.56 Å². The van der Waals surface area contributed by atoms with E-state index in [1.807, 2.05) is 0 Å². The Labute approximate surface area is 99.3 Å². The number of ether oxygens (including phenoxy) is 2. The Morgan fingerprint density at radius 2 is 2.06 bits per heavy atom. The average molecular weight is 240 g/mol. The first-order valence-corrected chi connectivity index (χ1v) is 5.06. The zero-order valence-electron chi connectivity index (χ0n) is 10.1. The van der Waals surface area contributed by atoms with Crippen LogP contribution in [-0.4, -0.2) is 36.8 Å². The van der Waals surface area contributed by atoms with Gasteiger partial charge in [0, 0.05) is 13.2 Å². The van der Waals surface area contributed by atoms with Gasteiger partial charge in [-0.05, 0) is 18.1 Å². The first-order chi connectivity index (χ1) is 7.99. The third-order valence-electron chi connectivity index (χ3n) is 2.42. The molecule has 1 atom stereocenters. The Morgan fingerprint density at radius 3 is 2.59 bits per heavy atom. The summed E-state index contributed by atoms with van der Waals surface area (Å²) in [5.74, 6) is -0.904. The third-order valence-corrected chi connectivity index (χ3v) is 2.42. The highest BCUT2D eigenvalue weighted by Crippen LogP contribution is 2.10. The number of aryl methyl sites for hydroxylation is 1. The number of aromatic nitrogens is 1. The van der Waals surface area contributed by atoms with Gasteiger partial charge in [-0.2, -0.15) is 0 Å². The van der Waals surface area contributed by atoms with Crippen molar-refractivity contribution < 1.29 is 19.1 Å². The van der Waals surface area contributed by atoms with E-state index in [9.17, 15) is 9.59 Å². The minimum Gasteiger partial charge on any atom is -0.468 e. The molecule has 6 nitrogen and oxygen atoms in total. The molecule has 6 heteroatoms. The lowest BCUT2D eigenvalue weighted by atomic mass is 10.1. The van der Waals surface area contributed by atoms with E-state index in [4.69, 9.17) is 5.73 Å². The summed E-state index contributed by atoms with van der Waals surface area (Å²) in [6.07, 6.45) is 2.05. The molecule has 0 aliphatic rings. The number of carbonyl (C=O) groups is 2. The lowest BCUT2D eigenvalue weighted by molar-refractivity contribution is -0.142. The van der Waals surface area contributed by atoms with E-state index >= 15 is 0 Å². The number of nitrogens with two attached hydrogens (primary N) is 1. The summed E-state index contributed by atoms with van der Waals surface area (Å²) < 4.78 is 10.8. The van der Waals surface area contributed by atoms with Crippen molar-refractivity contribution in [1.29, 1.82) is 0 Å². The van der Waals surface area contributed by atoms with Gasteiger partial charge in [0.2, 0.25) is 0 Å². The van der Waals surface area contributed by atoms with E-state index in [-0.39, 0.29) is 0 Å². The van der Waals surface area contributed by atoms with Gasteiger partial charge in [-0.1, -0.05) is 0 Å². The van der Waals surface area contributed by atoms with Gasteiger partial charge in [0.1, 0.15) is 11.7 Å². The zero-order valence-corrected chi connectivity index (χ0v) is 10.1. The Hall–Kier alpha value is -1.82. The summed E-state index contributed by atoms with van der Waals surface area (Å²) in [5, 5.41) is 0. The van der Waals surface area contributed by atoms with Gasteiger partial charge >= 0.3 is 11.9 Å². The molecule has 0 radical (unpaired) electrons. The highest BCUT2D eigenvalue weighted by molar-refractivity contribution is 5.88. The van der Waals surface area contributed by atoms with E-state index in [1.165, 1.54) is 14.2 Å². The molecule has 0 saturated carbocycles. The zero-order chi connectivity index (χ0) is 13.0. The largest absolute Gasteiger partial charge is 0.468 e. The van der Waals surface area contributed by atoms with Gasteiger partial charge in [0.05, 0.1) is 14.2 Å². The highest BCUT2D eigenvalue weighted by Gasteiger charge is 2.17. The van der Waals surface area contributed by atoms with Crippen LogP contribution in [0.2, 0.25) is 0 Å². The second kappa shape index (κ2) is 5.49. The standard InChI is InChI=1S/C11H16N2O4/c1-13-6-7(4-8(12)10(14)16-2)5-9(13)11(15)17-3/h5-6,8H,4,12H2,1-3H3. The fourth-order valence-electron chi connectivity index (χ4n) is 1.54. The van der Waals surface area contributed by atoms with Crippen LogP contribution in [0.15, 0.2) is 12.3 Å². The molecule has 0 spiro atoms. The molecule has 0 aliphatic heterocycles. The fraction of sp³-hybridized carbons (Fsp3) is 0.455. The molecule has 1 rings (SSSR count). The van der Waals surface area contributed by atoms with Gasteiger partial charge in [0.25, 0.3) is 0 Å². The summed E-state index contributed by atoms with van der Waals surface area (Å²) >= 11 is 0. The Kier molecular flexibility index (Phi) is 4.28. The lowest BCUT2D eigenvalue weighted by Gasteiger charge is -2.06. The third kappa shape index (κ3) is 3.07. The van der Waals surface area contributed by atoms with Crippen LogP contribution in [0.5, 0.6) is 0 Å². The molecule has 0 bridgehead atoms. The summed E-state index contributed by atoms with van der Waals surface area (Å²) in [6.45, 7) is 0. The van der Waals surface area contributed by atoms with Crippen LogP contribution in [0, 0.1) is 0 Å². The first kappa shape index (κ1) is 13.2. The molecule has 2 N–H and O–H groups in total. The normalized spacial score (nSPS) is 12.0. The Bertz CT molecular complexity index is 425. The number of hydrogen-bond acceptors (Lipinski definition) is 5. The van der Waals surface area contributed by atoms with Crippen molar-refractivity contribution in [1.82, 2.24) is 4.57 Å². The molecule has 1 heterocycles. The van der Waals surface area contributed by atoms with Crippen molar-refractivity contribution in [2.75, 3.05) is 14.2 Å². The van der Waals surface area contributed by atoms with E-state index in [0.29, 0.717) is 12.1 Å². The van der Waals surface area contributed by atoms with Crippen LogP contribution in [0.4, 0.5) is 0 Å². The number of methoxy groups -OCH3 is 2. The molecule has 0 amide bonds. The van der Waals surface area contributed by atoms with Crippen LogP contribution < -0.4 is 5.73 Å². The quantitative estimate of drug-likeness (QED) is 0.740. The van der Waals surface area contributed by atoms with Gasteiger partial charge in [-0.25, -0.2) is 4.79 Å². The topological polar surface area (TPSA) is 83.6 Å². The molecule has 0 aromatic carbocycles. The average Bonchev–Trinajstić information content (AvgIpc) is 2.67. The van der Waals surface area contributed by atoms with E-state index in [2.05, 4.69) is 9.47 Å². The molecule has 1 aromatic heterocycles. The maximum absolute atomic E-state index is 11.4. The van der Waals surface area contributed by atoms with Crippen molar-refractivity contribution in [3.63, 3.8) is 0 Å².